The van der Waals surface area contributed by atoms with Gasteiger partial charge < -0.3 is 14.6 Å². The lowest BCUT2D eigenvalue weighted by Gasteiger charge is -2.09. The fourth-order valence-electron chi connectivity index (χ4n) is 2.40. The molecular formula is C15H17N3O3. The van der Waals surface area contributed by atoms with Crippen LogP contribution in [-0.4, -0.2) is 29.3 Å². The number of carbonyl (C=O) groups is 1. The zero-order chi connectivity index (χ0) is 14.7. The third-order valence-corrected chi connectivity index (χ3v) is 3.52. The van der Waals surface area contributed by atoms with Crippen LogP contribution in [0.5, 0.6) is 0 Å². The van der Waals surface area contributed by atoms with Gasteiger partial charge in [-0.15, -0.1) is 0 Å². The van der Waals surface area contributed by atoms with Crippen LogP contribution in [-0.2, 0) is 11.3 Å². The summed E-state index contributed by atoms with van der Waals surface area (Å²) in [4.78, 5) is 16.2. The van der Waals surface area contributed by atoms with Crippen LogP contribution >= 0.6 is 0 Å². The maximum atomic E-state index is 12.2. The van der Waals surface area contributed by atoms with Crippen LogP contribution in [0.25, 0.3) is 0 Å². The third-order valence-electron chi connectivity index (χ3n) is 3.52. The highest BCUT2D eigenvalue weighted by Gasteiger charge is 2.18. The Bertz CT molecular complexity index is 633. The van der Waals surface area contributed by atoms with Crippen molar-refractivity contribution in [2.24, 2.45) is 0 Å². The van der Waals surface area contributed by atoms with Crippen molar-refractivity contribution in [1.29, 1.82) is 0 Å². The highest BCUT2D eigenvalue weighted by molar-refractivity contribution is 5.94. The average molecular weight is 287 g/mol. The van der Waals surface area contributed by atoms with Gasteiger partial charge in [-0.1, -0.05) is 17.3 Å². The summed E-state index contributed by atoms with van der Waals surface area (Å²) in [5.41, 5.74) is 1.78. The van der Waals surface area contributed by atoms with Crippen molar-refractivity contribution in [2.45, 2.75) is 25.8 Å². The Balaban J connectivity index is 1.65. The minimum atomic E-state index is -0.147. The van der Waals surface area contributed by atoms with E-state index < -0.39 is 0 Å². The number of amides is 1. The molecule has 2 heterocycles. The SMILES string of the molecule is Cc1noc(CNC(=O)c2cccc(C3CCOC3)c2)n1. The molecular weight excluding hydrogens is 270 g/mol. The first-order valence-corrected chi connectivity index (χ1v) is 6.97. The average Bonchev–Trinajstić information content (AvgIpc) is 3.16. The Morgan fingerprint density at radius 1 is 1.48 bits per heavy atom. The van der Waals surface area contributed by atoms with Gasteiger partial charge in [0, 0.05) is 18.1 Å². The second kappa shape index (κ2) is 6.05. The fourth-order valence-corrected chi connectivity index (χ4v) is 2.40. The van der Waals surface area contributed by atoms with E-state index in [0.29, 0.717) is 23.2 Å². The molecule has 21 heavy (non-hydrogen) atoms. The number of carbonyl (C=O) groups excluding carboxylic acids is 1. The number of aryl methyl sites for hydroxylation is 1. The summed E-state index contributed by atoms with van der Waals surface area (Å²) in [6.07, 6.45) is 1.01. The maximum absolute atomic E-state index is 12.2. The van der Waals surface area contributed by atoms with Crippen LogP contribution < -0.4 is 5.32 Å². The Kier molecular flexibility index (Phi) is 3.96. The number of ether oxygens (including phenoxy) is 1. The van der Waals surface area contributed by atoms with Gasteiger partial charge in [0.15, 0.2) is 5.82 Å². The first-order valence-electron chi connectivity index (χ1n) is 6.97. The summed E-state index contributed by atoms with van der Waals surface area (Å²) >= 11 is 0. The van der Waals surface area contributed by atoms with Crippen LogP contribution in [0.4, 0.5) is 0 Å². The molecule has 6 heteroatoms. The van der Waals surface area contributed by atoms with E-state index in [1.165, 1.54) is 0 Å². The van der Waals surface area contributed by atoms with Gasteiger partial charge in [0.05, 0.1) is 13.2 Å². The lowest BCUT2D eigenvalue weighted by Crippen LogP contribution is -2.23. The van der Waals surface area contributed by atoms with Crippen molar-refractivity contribution in [1.82, 2.24) is 15.5 Å². The number of nitrogens with one attached hydrogen (secondary N) is 1. The summed E-state index contributed by atoms with van der Waals surface area (Å²) in [6, 6.07) is 7.67. The second-order valence-corrected chi connectivity index (χ2v) is 5.10. The molecule has 6 nitrogen and oxygen atoms in total. The zero-order valence-electron chi connectivity index (χ0n) is 11.8. The minimum absolute atomic E-state index is 0.147. The molecule has 2 aromatic rings. The maximum Gasteiger partial charge on any atom is 0.251 e. The summed E-state index contributed by atoms with van der Waals surface area (Å²) in [5.74, 6) is 1.20. The smallest absolute Gasteiger partial charge is 0.251 e. The Morgan fingerprint density at radius 2 is 2.38 bits per heavy atom. The van der Waals surface area contributed by atoms with Gasteiger partial charge in [0.25, 0.3) is 5.91 Å². The predicted octanol–water partition coefficient (Wildman–Crippen LogP) is 1.81. The van der Waals surface area contributed by atoms with Crippen LogP contribution in [0, 0.1) is 6.92 Å². The molecule has 0 aliphatic carbocycles. The topological polar surface area (TPSA) is 77.2 Å². The van der Waals surface area contributed by atoms with Crippen LogP contribution in [0.15, 0.2) is 28.8 Å². The first kappa shape index (κ1) is 13.8. The molecule has 1 aliphatic rings. The summed E-state index contributed by atoms with van der Waals surface area (Å²) in [6.45, 7) is 3.49. The van der Waals surface area contributed by atoms with Crippen molar-refractivity contribution in [3.8, 4) is 0 Å². The molecule has 1 aromatic heterocycles. The number of benzene rings is 1. The highest BCUT2D eigenvalue weighted by Crippen LogP contribution is 2.25. The van der Waals surface area contributed by atoms with Gasteiger partial charge in [0.2, 0.25) is 5.89 Å². The number of aromatic nitrogens is 2. The van der Waals surface area contributed by atoms with E-state index in [1.807, 2.05) is 18.2 Å². The van der Waals surface area contributed by atoms with E-state index in [4.69, 9.17) is 9.26 Å². The largest absolute Gasteiger partial charge is 0.381 e. The molecule has 1 aromatic carbocycles. The molecule has 0 spiro atoms. The quantitative estimate of drug-likeness (QED) is 0.928. The van der Waals surface area contributed by atoms with Gasteiger partial charge in [-0.25, -0.2) is 0 Å². The second-order valence-electron chi connectivity index (χ2n) is 5.10. The van der Waals surface area contributed by atoms with Crippen molar-refractivity contribution >= 4 is 5.91 Å². The third kappa shape index (κ3) is 3.28. The molecule has 1 atom stereocenters. The fraction of sp³-hybridized carbons (Fsp3) is 0.400. The summed E-state index contributed by atoms with van der Waals surface area (Å²) in [7, 11) is 0. The summed E-state index contributed by atoms with van der Waals surface area (Å²) < 4.78 is 10.4. The van der Waals surface area contributed by atoms with Crippen LogP contribution in [0.1, 0.15) is 40.0 Å². The molecule has 1 saturated heterocycles. The van der Waals surface area contributed by atoms with E-state index in [1.54, 1.807) is 13.0 Å². The van der Waals surface area contributed by atoms with Crippen molar-refractivity contribution in [2.75, 3.05) is 13.2 Å². The van der Waals surface area contributed by atoms with E-state index >= 15 is 0 Å². The molecule has 1 fully saturated rings. The summed E-state index contributed by atoms with van der Waals surface area (Å²) in [5, 5.41) is 6.46. The van der Waals surface area contributed by atoms with Gasteiger partial charge >= 0.3 is 0 Å². The number of hydrogen-bond acceptors (Lipinski definition) is 5. The molecule has 1 N–H and O–H groups in total. The first-order chi connectivity index (χ1) is 10.2. The van der Waals surface area contributed by atoms with Crippen LogP contribution in [0.3, 0.4) is 0 Å². The van der Waals surface area contributed by atoms with E-state index in [-0.39, 0.29) is 12.5 Å². The number of nitrogens with zero attached hydrogens (tertiary/aromatic N) is 2. The minimum Gasteiger partial charge on any atom is -0.381 e. The van der Waals surface area contributed by atoms with Gasteiger partial charge in [-0.2, -0.15) is 4.98 Å². The molecule has 0 radical (unpaired) electrons. The lowest BCUT2D eigenvalue weighted by molar-refractivity contribution is 0.0946. The molecule has 3 rings (SSSR count). The molecule has 1 amide bonds. The number of hydrogen-bond donors (Lipinski definition) is 1. The standard InChI is InChI=1S/C15H17N3O3/c1-10-17-14(21-18-10)8-16-15(19)12-4-2-3-11(7-12)13-5-6-20-9-13/h2-4,7,13H,5-6,8-9H2,1H3,(H,16,19). The zero-order valence-corrected chi connectivity index (χ0v) is 11.8. The Labute approximate surface area is 122 Å². The Morgan fingerprint density at radius 3 is 3.10 bits per heavy atom. The van der Waals surface area contributed by atoms with Gasteiger partial charge in [-0.05, 0) is 31.0 Å². The van der Waals surface area contributed by atoms with E-state index in [0.717, 1.165) is 25.2 Å². The van der Waals surface area contributed by atoms with E-state index in [2.05, 4.69) is 15.5 Å². The highest BCUT2D eigenvalue weighted by atomic mass is 16.5. The predicted molar refractivity (Wildman–Crippen MR) is 74.8 cm³/mol. The molecule has 110 valence electrons. The van der Waals surface area contributed by atoms with Crippen LogP contribution in [0.2, 0.25) is 0 Å². The van der Waals surface area contributed by atoms with Gasteiger partial charge in [0.1, 0.15) is 0 Å². The molecule has 0 saturated carbocycles. The lowest BCUT2D eigenvalue weighted by atomic mass is 9.96. The van der Waals surface area contributed by atoms with Crippen molar-refractivity contribution in [3.63, 3.8) is 0 Å². The number of rotatable bonds is 4. The molecule has 1 aliphatic heterocycles. The van der Waals surface area contributed by atoms with Crippen molar-refractivity contribution < 1.29 is 14.1 Å². The van der Waals surface area contributed by atoms with E-state index in [9.17, 15) is 4.79 Å². The normalized spacial score (nSPS) is 17.9. The Hall–Kier alpha value is -2.21. The molecule has 0 bridgehead atoms. The van der Waals surface area contributed by atoms with Crippen molar-refractivity contribution in [3.05, 3.63) is 47.1 Å². The monoisotopic (exact) mass is 287 g/mol. The molecule has 1 unspecified atom stereocenters. The van der Waals surface area contributed by atoms with Gasteiger partial charge in [-0.3, -0.25) is 4.79 Å².